The van der Waals surface area contributed by atoms with Gasteiger partial charge in [-0.05, 0) is 37.0 Å². The molecule has 0 aliphatic carbocycles. The van der Waals surface area contributed by atoms with E-state index in [1.54, 1.807) is 0 Å². The highest BCUT2D eigenvalue weighted by Crippen LogP contribution is 2.22. The van der Waals surface area contributed by atoms with E-state index in [4.69, 9.17) is 10.8 Å². The molecule has 1 saturated heterocycles. The molecule has 1 fully saturated rings. The fourth-order valence-corrected chi connectivity index (χ4v) is 2.50. The molecule has 1 amide bonds. The van der Waals surface area contributed by atoms with Crippen molar-refractivity contribution in [1.29, 1.82) is 0 Å². The fourth-order valence-electron chi connectivity index (χ4n) is 2.50. The number of amides is 1. The average molecular weight is 248 g/mol. The summed E-state index contributed by atoms with van der Waals surface area (Å²) < 4.78 is 0. The number of likely N-dealkylation sites (tertiary alicyclic amines) is 1. The first-order valence-corrected chi connectivity index (χ1v) is 6.47. The topological polar surface area (TPSA) is 66.6 Å². The molecule has 1 aromatic carbocycles. The van der Waals surface area contributed by atoms with E-state index in [9.17, 15) is 4.79 Å². The van der Waals surface area contributed by atoms with E-state index >= 15 is 0 Å². The number of aliphatic hydroxyl groups is 1. The van der Waals surface area contributed by atoms with Gasteiger partial charge in [-0.25, -0.2) is 0 Å². The van der Waals surface area contributed by atoms with Crippen LogP contribution in [0, 0.1) is 0 Å². The van der Waals surface area contributed by atoms with Crippen LogP contribution in [0.5, 0.6) is 0 Å². The number of carbonyl (C=O) groups excluding carboxylic acids is 1. The maximum Gasteiger partial charge on any atom is 0.254 e. The predicted molar refractivity (Wildman–Crippen MR) is 70.1 cm³/mol. The molecule has 0 aromatic heterocycles. The summed E-state index contributed by atoms with van der Waals surface area (Å²) in [6.07, 6.45) is 2.69. The van der Waals surface area contributed by atoms with Crippen molar-refractivity contribution in [3.05, 3.63) is 35.4 Å². The average Bonchev–Trinajstić information content (AvgIpc) is 2.87. The van der Waals surface area contributed by atoms with Gasteiger partial charge in [0, 0.05) is 31.3 Å². The van der Waals surface area contributed by atoms with E-state index < -0.39 is 0 Å². The maximum atomic E-state index is 12.3. The molecule has 1 atom stereocenters. The zero-order valence-electron chi connectivity index (χ0n) is 10.5. The highest BCUT2D eigenvalue weighted by Gasteiger charge is 2.28. The van der Waals surface area contributed by atoms with Gasteiger partial charge in [0.25, 0.3) is 5.91 Å². The second-order valence-corrected chi connectivity index (χ2v) is 4.71. The third-order valence-electron chi connectivity index (χ3n) is 3.54. The number of benzene rings is 1. The Labute approximate surface area is 107 Å². The Bertz CT molecular complexity index is 403. The van der Waals surface area contributed by atoms with Gasteiger partial charge in [0.05, 0.1) is 0 Å². The van der Waals surface area contributed by atoms with Crippen LogP contribution in [0.4, 0.5) is 0 Å². The third kappa shape index (κ3) is 2.71. The molecule has 0 bridgehead atoms. The van der Waals surface area contributed by atoms with Gasteiger partial charge in [-0.3, -0.25) is 4.79 Å². The Morgan fingerprint density at radius 2 is 2.11 bits per heavy atom. The second kappa shape index (κ2) is 5.98. The lowest BCUT2D eigenvalue weighted by molar-refractivity contribution is 0.0716. The normalized spacial score (nSPS) is 19.2. The minimum atomic E-state index is 0.0644. The molecular formula is C14H20N2O2. The first kappa shape index (κ1) is 13.1. The number of nitrogens with two attached hydrogens (primary N) is 1. The predicted octanol–water partition coefficient (Wildman–Crippen LogP) is 1.13. The van der Waals surface area contributed by atoms with Crippen LogP contribution in [-0.2, 0) is 6.54 Å². The lowest BCUT2D eigenvalue weighted by atomic mass is 10.1. The molecule has 98 valence electrons. The molecule has 1 aliphatic rings. The molecule has 4 heteroatoms. The van der Waals surface area contributed by atoms with Crippen LogP contribution in [0.15, 0.2) is 24.3 Å². The van der Waals surface area contributed by atoms with Crippen LogP contribution in [0.1, 0.15) is 35.2 Å². The van der Waals surface area contributed by atoms with E-state index in [0.717, 1.165) is 24.9 Å². The van der Waals surface area contributed by atoms with Crippen molar-refractivity contribution in [3.8, 4) is 0 Å². The highest BCUT2D eigenvalue weighted by molar-refractivity contribution is 5.94. The van der Waals surface area contributed by atoms with E-state index in [-0.39, 0.29) is 18.6 Å². The number of carbonyl (C=O) groups is 1. The van der Waals surface area contributed by atoms with Crippen LogP contribution in [0.2, 0.25) is 0 Å². The van der Waals surface area contributed by atoms with Crippen molar-refractivity contribution >= 4 is 5.91 Å². The van der Waals surface area contributed by atoms with Gasteiger partial charge in [0.1, 0.15) is 0 Å². The molecule has 1 aliphatic heterocycles. The summed E-state index contributed by atoms with van der Waals surface area (Å²) in [5.74, 6) is 0.0644. The summed E-state index contributed by atoms with van der Waals surface area (Å²) in [5.41, 5.74) is 7.27. The Hall–Kier alpha value is -1.39. The van der Waals surface area contributed by atoms with E-state index in [1.165, 1.54) is 0 Å². The third-order valence-corrected chi connectivity index (χ3v) is 3.54. The minimum Gasteiger partial charge on any atom is -0.396 e. The lowest BCUT2D eigenvalue weighted by Gasteiger charge is -2.24. The van der Waals surface area contributed by atoms with Crippen LogP contribution in [-0.4, -0.2) is 35.1 Å². The second-order valence-electron chi connectivity index (χ2n) is 4.71. The van der Waals surface area contributed by atoms with Gasteiger partial charge >= 0.3 is 0 Å². The SMILES string of the molecule is NCc1ccc(C(=O)N2CCCC2CCO)cc1. The number of aliphatic hydroxyl groups excluding tert-OH is 1. The van der Waals surface area contributed by atoms with Crippen molar-refractivity contribution in [3.63, 3.8) is 0 Å². The summed E-state index contributed by atoms with van der Waals surface area (Å²) in [5, 5.41) is 9.01. The molecule has 3 N–H and O–H groups in total. The summed E-state index contributed by atoms with van der Waals surface area (Å²) in [6.45, 7) is 1.42. The first-order chi connectivity index (χ1) is 8.76. The van der Waals surface area contributed by atoms with Crippen molar-refractivity contribution < 1.29 is 9.90 Å². The zero-order chi connectivity index (χ0) is 13.0. The molecular weight excluding hydrogens is 228 g/mol. The molecule has 1 unspecified atom stereocenters. The molecule has 0 saturated carbocycles. The zero-order valence-corrected chi connectivity index (χ0v) is 10.5. The summed E-state index contributed by atoms with van der Waals surface area (Å²) in [6, 6.07) is 7.64. The van der Waals surface area contributed by atoms with Gasteiger partial charge in [-0.2, -0.15) is 0 Å². The Kier molecular flexibility index (Phi) is 4.33. The van der Waals surface area contributed by atoms with Crippen molar-refractivity contribution in [2.45, 2.75) is 31.8 Å². The summed E-state index contributed by atoms with van der Waals surface area (Å²) >= 11 is 0. The van der Waals surface area contributed by atoms with E-state index in [2.05, 4.69) is 0 Å². The molecule has 0 radical (unpaired) electrons. The van der Waals surface area contributed by atoms with Crippen LogP contribution >= 0.6 is 0 Å². The van der Waals surface area contributed by atoms with Gasteiger partial charge < -0.3 is 15.7 Å². The number of hydrogen-bond donors (Lipinski definition) is 2. The van der Waals surface area contributed by atoms with Crippen molar-refractivity contribution in [1.82, 2.24) is 4.90 Å². The largest absolute Gasteiger partial charge is 0.396 e. The lowest BCUT2D eigenvalue weighted by Crippen LogP contribution is -2.36. The smallest absolute Gasteiger partial charge is 0.254 e. The molecule has 0 spiro atoms. The van der Waals surface area contributed by atoms with Crippen LogP contribution in [0.25, 0.3) is 0 Å². The Morgan fingerprint density at radius 1 is 1.39 bits per heavy atom. The monoisotopic (exact) mass is 248 g/mol. The van der Waals surface area contributed by atoms with Crippen molar-refractivity contribution in [2.24, 2.45) is 5.73 Å². The van der Waals surface area contributed by atoms with Gasteiger partial charge in [0.2, 0.25) is 0 Å². The first-order valence-electron chi connectivity index (χ1n) is 6.47. The van der Waals surface area contributed by atoms with Crippen LogP contribution < -0.4 is 5.73 Å². The van der Waals surface area contributed by atoms with Crippen LogP contribution in [0.3, 0.4) is 0 Å². The molecule has 2 rings (SSSR count). The number of hydrogen-bond acceptors (Lipinski definition) is 3. The standard InChI is InChI=1S/C14H20N2O2/c15-10-11-3-5-12(6-4-11)14(18)16-8-1-2-13(16)7-9-17/h3-6,13,17H,1-2,7-10,15H2. The fraction of sp³-hybridized carbons (Fsp3) is 0.500. The van der Waals surface area contributed by atoms with Gasteiger partial charge in [0.15, 0.2) is 0 Å². The minimum absolute atomic E-state index is 0.0644. The van der Waals surface area contributed by atoms with Crippen molar-refractivity contribution in [2.75, 3.05) is 13.2 Å². The Balaban J connectivity index is 2.09. The van der Waals surface area contributed by atoms with E-state index in [0.29, 0.717) is 18.5 Å². The summed E-state index contributed by atoms with van der Waals surface area (Å²) in [7, 11) is 0. The quantitative estimate of drug-likeness (QED) is 0.839. The highest BCUT2D eigenvalue weighted by atomic mass is 16.3. The molecule has 1 heterocycles. The van der Waals surface area contributed by atoms with E-state index in [1.807, 2.05) is 29.2 Å². The number of nitrogens with zero attached hydrogens (tertiary/aromatic N) is 1. The maximum absolute atomic E-state index is 12.3. The molecule has 4 nitrogen and oxygen atoms in total. The van der Waals surface area contributed by atoms with Gasteiger partial charge in [-0.1, -0.05) is 12.1 Å². The summed E-state index contributed by atoms with van der Waals surface area (Å²) in [4.78, 5) is 14.2. The van der Waals surface area contributed by atoms with Gasteiger partial charge in [-0.15, -0.1) is 0 Å². The molecule has 18 heavy (non-hydrogen) atoms. The Morgan fingerprint density at radius 3 is 2.72 bits per heavy atom. The number of rotatable bonds is 4. The molecule has 1 aromatic rings.